The monoisotopic (exact) mass is 288 g/mol. The highest BCUT2D eigenvalue weighted by Crippen LogP contribution is 2.32. The highest BCUT2D eigenvalue weighted by atomic mass is 16.5. The molecule has 110 valence electrons. The SMILES string of the molecule is COC(=O)c1cc(Oc2ccc(C)cc2OC)ncc1N. The topological polar surface area (TPSA) is 83.7 Å². The summed E-state index contributed by atoms with van der Waals surface area (Å²) in [7, 11) is 2.84. The van der Waals surface area contributed by atoms with Crippen LogP contribution >= 0.6 is 0 Å². The second kappa shape index (κ2) is 6.13. The molecule has 1 heterocycles. The number of carbonyl (C=O) groups is 1. The fourth-order valence-corrected chi connectivity index (χ4v) is 1.76. The van der Waals surface area contributed by atoms with E-state index in [0.29, 0.717) is 11.5 Å². The highest BCUT2D eigenvalue weighted by molar-refractivity contribution is 5.95. The first-order chi connectivity index (χ1) is 10.0. The van der Waals surface area contributed by atoms with Crippen LogP contribution in [-0.4, -0.2) is 25.2 Å². The van der Waals surface area contributed by atoms with E-state index < -0.39 is 5.97 Å². The van der Waals surface area contributed by atoms with Gasteiger partial charge in [0.15, 0.2) is 11.5 Å². The molecule has 0 bridgehead atoms. The lowest BCUT2D eigenvalue weighted by Crippen LogP contribution is -2.06. The molecule has 0 aliphatic rings. The van der Waals surface area contributed by atoms with E-state index in [2.05, 4.69) is 9.72 Å². The molecule has 1 aromatic heterocycles. The van der Waals surface area contributed by atoms with Gasteiger partial charge in [0, 0.05) is 6.07 Å². The Balaban J connectivity index is 2.34. The molecule has 21 heavy (non-hydrogen) atoms. The van der Waals surface area contributed by atoms with Crippen LogP contribution in [0.4, 0.5) is 5.69 Å². The second-order valence-electron chi connectivity index (χ2n) is 4.36. The van der Waals surface area contributed by atoms with Crippen molar-refractivity contribution in [2.75, 3.05) is 20.0 Å². The minimum Gasteiger partial charge on any atom is -0.493 e. The number of anilines is 1. The van der Waals surface area contributed by atoms with E-state index in [9.17, 15) is 4.79 Å². The molecular formula is C15H16N2O4. The number of aromatic nitrogens is 1. The first-order valence-corrected chi connectivity index (χ1v) is 6.21. The molecule has 0 radical (unpaired) electrons. The van der Waals surface area contributed by atoms with E-state index in [1.807, 2.05) is 19.1 Å². The van der Waals surface area contributed by atoms with Crippen molar-refractivity contribution in [2.24, 2.45) is 0 Å². The minimum atomic E-state index is -0.546. The van der Waals surface area contributed by atoms with Crippen molar-refractivity contribution in [2.45, 2.75) is 6.92 Å². The van der Waals surface area contributed by atoms with E-state index in [1.165, 1.54) is 19.4 Å². The zero-order valence-corrected chi connectivity index (χ0v) is 12.0. The van der Waals surface area contributed by atoms with Crippen LogP contribution in [0.1, 0.15) is 15.9 Å². The molecule has 0 unspecified atom stereocenters. The number of hydrogen-bond acceptors (Lipinski definition) is 6. The van der Waals surface area contributed by atoms with Gasteiger partial charge in [0.2, 0.25) is 5.88 Å². The molecule has 0 spiro atoms. The van der Waals surface area contributed by atoms with Crippen LogP contribution in [-0.2, 0) is 4.74 Å². The smallest absolute Gasteiger partial charge is 0.340 e. The van der Waals surface area contributed by atoms with Crippen LogP contribution in [0.25, 0.3) is 0 Å². The van der Waals surface area contributed by atoms with E-state index in [-0.39, 0.29) is 17.1 Å². The molecule has 0 fully saturated rings. The van der Waals surface area contributed by atoms with E-state index in [0.717, 1.165) is 5.56 Å². The third kappa shape index (κ3) is 3.22. The molecule has 2 N–H and O–H groups in total. The molecule has 0 aliphatic heterocycles. The molecule has 2 rings (SSSR count). The van der Waals surface area contributed by atoms with Gasteiger partial charge in [-0.15, -0.1) is 0 Å². The standard InChI is InChI=1S/C15H16N2O4/c1-9-4-5-12(13(6-9)19-2)21-14-7-10(15(18)20-3)11(16)8-17-14/h4-8H,16H2,1-3H3. The number of nitrogens with zero attached hydrogens (tertiary/aromatic N) is 1. The number of carbonyl (C=O) groups excluding carboxylic acids is 1. The van der Waals surface area contributed by atoms with Crippen LogP contribution in [0.3, 0.4) is 0 Å². The number of esters is 1. The molecule has 2 aromatic rings. The van der Waals surface area contributed by atoms with Crippen LogP contribution in [0, 0.1) is 6.92 Å². The van der Waals surface area contributed by atoms with E-state index in [1.54, 1.807) is 13.2 Å². The zero-order valence-electron chi connectivity index (χ0n) is 12.0. The van der Waals surface area contributed by atoms with Gasteiger partial charge in [-0.3, -0.25) is 0 Å². The van der Waals surface area contributed by atoms with Gasteiger partial charge in [-0.25, -0.2) is 9.78 Å². The Morgan fingerprint density at radius 3 is 2.62 bits per heavy atom. The lowest BCUT2D eigenvalue weighted by Gasteiger charge is -2.11. The number of rotatable bonds is 4. The van der Waals surface area contributed by atoms with Gasteiger partial charge in [0.05, 0.1) is 31.7 Å². The number of aryl methyl sites for hydroxylation is 1. The lowest BCUT2D eigenvalue weighted by atomic mass is 10.2. The summed E-state index contributed by atoms with van der Waals surface area (Å²) in [5.74, 6) is 0.756. The third-order valence-electron chi connectivity index (χ3n) is 2.85. The van der Waals surface area contributed by atoms with E-state index >= 15 is 0 Å². The van der Waals surface area contributed by atoms with Crippen LogP contribution in [0.15, 0.2) is 30.5 Å². The van der Waals surface area contributed by atoms with Gasteiger partial charge in [0.1, 0.15) is 0 Å². The number of hydrogen-bond donors (Lipinski definition) is 1. The maximum absolute atomic E-state index is 11.6. The normalized spacial score (nSPS) is 10.0. The van der Waals surface area contributed by atoms with E-state index in [4.69, 9.17) is 15.2 Å². The van der Waals surface area contributed by atoms with Crippen molar-refractivity contribution in [3.05, 3.63) is 41.6 Å². The predicted octanol–water partition coefficient (Wildman–Crippen LogP) is 2.56. The summed E-state index contributed by atoms with van der Waals surface area (Å²) in [6.07, 6.45) is 1.35. The van der Waals surface area contributed by atoms with Gasteiger partial charge >= 0.3 is 5.97 Å². The number of methoxy groups -OCH3 is 2. The Labute approximate surface area is 122 Å². The second-order valence-corrected chi connectivity index (χ2v) is 4.36. The first-order valence-electron chi connectivity index (χ1n) is 6.21. The molecule has 1 aromatic carbocycles. The Hall–Kier alpha value is -2.76. The Morgan fingerprint density at radius 1 is 1.19 bits per heavy atom. The minimum absolute atomic E-state index is 0.202. The molecule has 0 saturated carbocycles. The average molecular weight is 288 g/mol. The number of benzene rings is 1. The van der Waals surface area contributed by atoms with Gasteiger partial charge < -0.3 is 19.9 Å². The zero-order chi connectivity index (χ0) is 15.4. The third-order valence-corrected chi connectivity index (χ3v) is 2.85. The summed E-state index contributed by atoms with van der Waals surface area (Å²) in [5, 5.41) is 0. The number of nitrogen functional groups attached to an aromatic ring is 1. The van der Waals surface area contributed by atoms with Crippen molar-refractivity contribution < 1.29 is 19.0 Å². The molecule has 0 atom stereocenters. The van der Waals surface area contributed by atoms with Crippen LogP contribution in [0.2, 0.25) is 0 Å². The van der Waals surface area contributed by atoms with Crippen LogP contribution < -0.4 is 15.2 Å². The molecule has 0 saturated heterocycles. The first kappa shape index (κ1) is 14.6. The van der Waals surface area contributed by atoms with Crippen molar-refractivity contribution in [1.82, 2.24) is 4.98 Å². The summed E-state index contributed by atoms with van der Waals surface area (Å²) in [4.78, 5) is 15.6. The number of ether oxygens (including phenoxy) is 3. The molecule has 0 amide bonds. The van der Waals surface area contributed by atoms with Crippen molar-refractivity contribution in [3.63, 3.8) is 0 Å². The van der Waals surface area contributed by atoms with Gasteiger partial charge in [-0.05, 0) is 24.6 Å². The number of pyridine rings is 1. The van der Waals surface area contributed by atoms with Gasteiger partial charge in [0.25, 0.3) is 0 Å². The molecule has 6 nitrogen and oxygen atoms in total. The summed E-state index contributed by atoms with van der Waals surface area (Å²) < 4.78 is 15.6. The largest absolute Gasteiger partial charge is 0.493 e. The maximum atomic E-state index is 11.6. The van der Waals surface area contributed by atoms with Crippen molar-refractivity contribution in [3.8, 4) is 17.4 Å². The Morgan fingerprint density at radius 2 is 1.95 bits per heavy atom. The summed E-state index contributed by atoms with van der Waals surface area (Å²) >= 11 is 0. The Bertz CT molecular complexity index is 671. The lowest BCUT2D eigenvalue weighted by molar-refractivity contribution is 0.0601. The van der Waals surface area contributed by atoms with Crippen LogP contribution in [0.5, 0.6) is 17.4 Å². The highest BCUT2D eigenvalue weighted by Gasteiger charge is 2.14. The van der Waals surface area contributed by atoms with Gasteiger partial charge in [-0.2, -0.15) is 0 Å². The number of nitrogens with two attached hydrogens (primary N) is 1. The quantitative estimate of drug-likeness (QED) is 0.870. The predicted molar refractivity (Wildman–Crippen MR) is 77.8 cm³/mol. The summed E-state index contributed by atoms with van der Waals surface area (Å²) in [6, 6.07) is 6.93. The fraction of sp³-hybridized carbons (Fsp3) is 0.200. The molecule has 6 heteroatoms. The van der Waals surface area contributed by atoms with Gasteiger partial charge in [-0.1, -0.05) is 6.07 Å². The summed E-state index contributed by atoms with van der Waals surface area (Å²) in [6.45, 7) is 1.95. The maximum Gasteiger partial charge on any atom is 0.340 e. The fourth-order valence-electron chi connectivity index (χ4n) is 1.76. The molecular weight excluding hydrogens is 272 g/mol. The molecule has 0 aliphatic carbocycles. The van der Waals surface area contributed by atoms with Crippen molar-refractivity contribution in [1.29, 1.82) is 0 Å². The Kier molecular flexibility index (Phi) is 4.27. The average Bonchev–Trinajstić information content (AvgIpc) is 2.50. The summed E-state index contributed by atoms with van der Waals surface area (Å²) in [5.41, 5.74) is 7.16. The van der Waals surface area contributed by atoms with Crippen molar-refractivity contribution >= 4 is 11.7 Å².